The lowest BCUT2D eigenvalue weighted by atomic mass is 9.87. The van der Waals surface area contributed by atoms with Crippen molar-refractivity contribution in [2.75, 3.05) is 11.5 Å². The quantitative estimate of drug-likeness (QED) is 0.202. The third-order valence-corrected chi connectivity index (χ3v) is 6.56. The SMILES string of the molecule is CC1CCC1SCCCC(=N)CCCCCC(=N)CCCS. The van der Waals surface area contributed by atoms with Crippen LogP contribution < -0.4 is 0 Å². The van der Waals surface area contributed by atoms with E-state index in [1.54, 1.807) is 0 Å². The third-order valence-electron chi connectivity index (χ3n) is 4.59. The first kappa shape index (κ1) is 20.1. The van der Waals surface area contributed by atoms with E-state index < -0.39 is 0 Å². The monoisotopic (exact) mass is 342 g/mol. The lowest BCUT2D eigenvalue weighted by Crippen LogP contribution is -2.25. The second-order valence-corrected chi connectivity index (χ2v) is 8.46. The van der Waals surface area contributed by atoms with Crippen molar-refractivity contribution in [3.8, 4) is 0 Å². The summed E-state index contributed by atoms with van der Waals surface area (Å²) in [6, 6.07) is 0. The van der Waals surface area contributed by atoms with Gasteiger partial charge in [-0.15, -0.1) is 0 Å². The van der Waals surface area contributed by atoms with E-state index >= 15 is 0 Å². The normalized spacial score (nSPS) is 20.6. The summed E-state index contributed by atoms with van der Waals surface area (Å²) in [5, 5.41) is 16.7. The van der Waals surface area contributed by atoms with Gasteiger partial charge in [0.05, 0.1) is 0 Å². The highest BCUT2D eigenvalue weighted by Gasteiger charge is 2.26. The molecule has 0 heterocycles. The van der Waals surface area contributed by atoms with Crippen LogP contribution in [0, 0.1) is 16.7 Å². The van der Waals surface area contributed by atoms with E-state index in [-0.39, 0.29) is 0 Å². The van der Waals surface area contributed by atoms with Gasteiger partial charge in [0.1, 0.15) is 0 Å². The molecule has 2 N–H and O–H groups in total. The molecule has 2 atom stereocenters. The molecule has 2 unspecified atom stereocenters. The lowest BCUT2D eigenvalue weighted by molar-refractivity contribution is 0.362. The van der Waals surface area contributed by atoms with Gasteiger partial charge < -0.3 is 10.8 Å². The molecule has 0 aromatic heterocycles. The molecule has 1 fully saturated rings. The minimum absolute atomic E-state index is 0.881. The average molecular weight is 343 g/mol. The molecule has 0 saturated heterocycles. The molecule has 22 heavy (non-hydrogen) atoms. The maximum atomic E-state index is 8.02. The van der Waals surface area contributed by atoms with Gasteiger partial charge in [-0.1, -0.05) is 13.3 Å². The van der Waals surface area contributed by atoms with Crippen LogP contribution in [0.1, 0.15) is 77.6 Å². The highest BCUT2D eigenvalue weighted by molar-refractivity contribution is 7.99. The molecule has 1 aliphatic rings. The van der Waals surface area contributed by atoms with E-state index in [0.717, 1.165) is 73.3 Å². The van der Waals surface area contributed by atoms with Crippen molar-refractivity contribution in [2.24, 2.45) is 5.92 Å². The van der Waals surface area contributed by atoms with Gasteiger partial charge in [-0.25, -0.2) is 0 Å². The first-order valence-electron chi connectivity index (χ1n) is 8.98. The molecule has 2 nitrogen and oxygen atoms in total. The minimum atomic E-state index is 0.881. The van der Waals surface area contributed by atoms with Crippen molar-refractivity contribution >= 4 is 35.8 Å². The van der Waals surface area contributed by atoms with Gasteiger partial charge in [0, 0.05) is 16.7 Å². The Labute approximate surface area is 147 Å². The molecule has 0 aromatic carbocycles. The van der Waals surface area contributed by atoms with Crippen LogP contribution in [0.3, 0.4) is 0 Å². The van der Waals surface area contributed by atoms with Crippen LogP contribution in [-0.2, 0) is 0 Å². The minimum Gasteiger partial charge on any atom is -0.310 e. The van der Waals surface area contributed by atoms with Crippen molar-refractivity contribution in [3.05, 3.63) is 0 Å². The zero-order chi connectivity index (χ0) is 16.2. The fraction of sp³-hybridized carbons (Fsp3) is 0.889. The Balaban J connectivity index is 1.85. The van der Waals surface area contributed by atoms with E-state index in [0.29, 0.717) is 0 Å². The van der Waals surface area contributed by atoms with Gasteiger partial charge in [0.25, 0.3) is 0 Å². The Morgan fingerprint density at radius 3 is 2.00 bits per heavy atom. The number of thiol groups is 1. The van der Waals surface area contributed by atoms with E-state index in [9.17, 15) is 0 Å². The number of nitrogens with one attached hydrogen (secondary N) is 2. The number of rotatable bonds is 14. The zero-order valence-electron chi connectivity index (χ0n) is 14.2. The van der Waals surface area contributed by atoms with E-state index in [4.69, 9.17) is 10.8 Å². The van der Waals surface area contributed by atoms with Crippen molar-refractivity contribution in [1.82, 2.24) is 0 Å². The topological polar surface area (TPSA) is 47.7 Å². The smallest absolute Gasteiger partial charge is 0.00894 e. The zero-order valence-corrected chi connectivity index (χ0v) is 15.9. The molecular weight excluding hydrogens is 308 g/mol. The highest BCUT2D eigenvalue weighted by Crippen LogP contribution is 2.37. The number of thioether (sulfide) groups is 1. The summed E-state index contributed by atoms with van der Waals surface area (Å²) in [4.78, 5) is 0. The molecule has 1 saturated carbocycles. The van der Waals surface area contributed by atoms with Gasteiger partial charge in [-0.3, -0.25) is 0 Å². The Bertz CT molecular complexity index is 331. The third kappa shape index (κ3) is 9.24. The molecule has 0 aromatic rings. The Morgan fingerprint density at radius 2 is 1.50 bits per heavy atom. The fourth-order valence-electron chi connectivity index (χ4n) is 2.80. The fourth-order valence-corrected chi connectivity index (χ4v) is 4.34. The van der Waals surface area contributed by atoms with Crippen molar-refractivity contribution in [3.63, 3.8) is 0 Å². The highest BCUT2D eigenvalue weighted by atomic mass is 32.2. The summed E-state index contributed by atoms with van der Waals surface area (Å²) in [5.41, 5.74) is 1.82. The van der Waals surface area contributed by atoms with Gasteiger partial charge in [0.2, 0.25) is 0 Å². The van der Waals surface area contributed by atoms with Gasteiger partial charge in [-0.2, -0.15) is 24.4 Å². The van der Waals surface area contributed by atoms with Crippen LogP contribution in [0.25, 0.3) is 0 Å². The molecule has 0 amide bonds. The van der Waals surface area contributed by atoms with Crippen LogP contribution in [0.5, 0.6) is 0 Å². The summed E-state index contributed by atoms with van der Waals surface area (Å²) in [7, 11) is 0. The molecular formula is C18H34N2S2. The van der Waals surface area contributed by atoms with Crippen molar-refractivity contribution in [1.29, 1.82) is 10.8 Å². The second-order valence-electron chi connectivity index (χ2n) is 6.66. The summed E-state index contributed by atoms with van der Waals surface area (Å²) in [6.07, 6.45) is 12.3. The largest absolute Gasteiger partial charge is 0.310 e. The summed E-state index contributed by atoms with van der Waals surface area (Å²) in [5.74, 6) is 3.05. The molecule has 0 radical (unpaired) electrons. The van der Waals surface area contributed by atoms with Crippen LogP contribution >= 0.6 is 24.4 Å². The Kier molecular flexibility index (Phi) is 11.4. The molecule has 0 aliphatic heterocycles. The maximum absolute atomic E-state index is 8.02. The predicted molar refractivity (Wildman–Crippen MR) is 106 cm³/mol. The summed E-state index contributed by atoms with van der Waals surface area (Å²) in [6.45, 7) is 2.36. The molecule has 0 spiro atoms. The molecule has 128 valence electrons. The first-order valence-corrected chi connectivity index (χ1v) is 10.7. The standard InChI is InChI=1S/C18H34N2S2/c1-15-11-12-18(15)22-14-6-10-17(20)8-4-2-3-7-16(19)9-5-13-21/h15,18-21H,2-14H2,1H3. The van der Waals surface area contributed by atoms with Gasteiger partial charge in [0.15, 0.2) is 0 Å². The van der Waals surface area contributed by atoms with E-state index in [1.165, 1.54) is 31.4 Å². The van der Waals surface area contributed by atoms with Crippen LogP contribution in [0.4, 0.5) is 0 Å². The Hall–Kier alpha value is 0.0400. The molecule has 0 bridgehead atoms. The van der Waals surface area contributed by atoms with Crippen molar-refractivity contribution in [2.45, 2.75) is 82.8 Å². The number of unbranched alkanes of at least 4 members (excludes halogenated alkanes) is 2. The van der Waals surface area contributed by atoms with Crippen molar-refractivity contribution < 1.29 is 0 Å². The maximum Gasteiger partial charge on any atom is 0.00894 e. The number of hydrogen-bond donors (Lipinski definition) is 3. The van der Waals surface area contributed by atoms with Crippen LogP contribution in [0.15, 0.2) is 0 Å². The summed E-state index contributed by atoms with van der Waals surface area (Å²) < 4.78 is 0. The summed E-state index contributed by atoms with van der Waals surface area (Å²) >= 11 is 6.31. The molecule has 1 aliphatic carbocycles. The molecule has 4 heteroatoms. The van der Waals surface area contributed by atoms with Gasteiger partial charge >= 0.3 is 0 Å². The van der Waals surface area contributed by atoms with Gasteiger partial charge in [-0.05, 0) is 81.6 Å². The van der Waals surface area contributed by atoms with Crippen LogP contribution in [0.2, 0.25) is 0 Å². The number of hydrogen-bond acceptors (Lipinski definition) is 4. The predicted octanol–water partition coefficient (Wildman–Crippen LogP) is 6.00. The van der Waals surface area contributed by atoms with E-state index in [1.807, 2.05) is 0 Å². The Morgan fingerprint density at radius 1 is 0.909 bits per heavy atom. The van der Waals surface area contributed by atoms with E-state index in [2.05, 4.69) is 31.3 Å². The molecule has 1 rings (SSSR count). The first-order chi connectivity index (χ1) is 10.6. The van der Waals surface area contributed by atoms with Crippen LogP contribution in [-0.4, -0.2) is 28.2 Å². The average Bonchev–Trinajstić information content (AvgIpc) is 2.50. The lowest BCUT2D eigenvalue weighted by Gasteiger charge is -2.33. The second kappa shape index (κ2) is 12.5.